The molecule has 1 amide bonds. The highest BCUT2D eigenvalue weighted by atomic mass is 19.1. The van der Waals surface area contributed by atoms with Gasteiger partial charge in [-0.3, -0.25) is 4.79 Å². The number of hydrogen-bond acceptors (Lipinski definition) is 3. The molecular weight excluding hydrogens is 257 g/mol. The fourth-order valence-corrected chi connectivity index (χ4v) is 1.81. The van der Waals surface area contributed by atoms with E-state index in [-0.39, 0.29) is 24.4 Å². The molecule has 1 aromatic heterocycles. The van der Waals surface area contributed by atoms with Crippen molar-refractivity contribution < 1.29 is 9.18 Å². The summed E-state index contributed by atoms with van der Waals surface area (Å²) in [4.78, 5) is 17.3. The minimum absolute atomic E-state index is 0.203. The molecule has 0 atom stereocenters. The number of benzene rings is 1. The molecule has 4 nitrogen and oxygen atoms in total. The molecular formula is C15H12FN3O. The first-order valence-corrected chi connectivity index (χ1v) is 6.08. The number of carbonyl (C=O) groups is 1. The average molecular weight is 269 g/mol. The molecule has 20 heavy (non-hydrogen) atoms. The fourth-order valence-electron chi connectivity index (χ4n) is 1.81. The fraction of sp³-hybridized carbons (Fsp3) is 0.133. The third kappa shape index (κ3) is 3.18. The smallest absolute Gasteiger partial charge is 0.258 e. The summed E-state index contributed by atoms with van der Waals surface area (Å²) in [5, 5.41) is 8.70. The van der Waals surface area contributed by atoms with Gasteiger partial charge in [0.25, 0.3) is 5.91 Å². The number of hydrogen-bond donors (Lipinski definition) is 0. The molecule has 0 aliphatic rings. The molecule has 0 unspecified atom stereocenters. The zero-order valence-electron chi connectivity index (χ0n) is 10.7. The molecule has 2 rings (SSSR count). The van der Waals surface area contributed by atoms with Crippen LogP contribution in [-0.4, -0.2) is 17.4 Å². The summed E-state index contributed by atoms with van der Waals surface area (Å²) < 4.78 is 13.1. The number of nitriles is 1. The van der Waals surface area contributed by atoms with E-state index in [2.05, 4.69) is 4.98 Å². The molecule has 0 fully saturated rings. The van der Waals surface area contributed by atoms with Gasteiger partial charge >= 0.3 is 0 Å². The van der Waals surface area contributed by atoms with Crippen LogP contribution in [0.1, 0.15) is 16.8 Å². The summed E-state index contributed by atoms with van der Waals surface area (Å²) in [6.07, 6.45) is 1.45. The number of pyridine rings is 1. The Hall–Kier alpha value is -2.74. The number of anilines is 1. The maximum absolute atomic E-state index is 13.1. The highest BCUT2D eigenvalue weighted by Gasteiger charge is 2.17. The van der Waals surface area contributed by atoms with Crippen molar-refractivity contribution in [3.63, 3.8) is 0 Å². The van der Waals surface area contributed by atoms with Crippen molar-refractivity contribution in [1.82, 2.24) is 4.98 Å². The van der Waals surface area contributed by atoms with Gasteiger partial charge in [0.15, 0.2) is 0 Å². The summed E-state index contributed by atoms with van der Waals surface area (Å²) in [5.41, 5.74) is 0.879. The van der Waals surface area contributed by atoms with Crippen LogP contribution in [0.2, 0.25) is 0 Å². The van der Waals surface area contributed by atoms with Gasteiger partial charge in [0.1, 0.15) is 0 Å². The van der Waals surface area contributed by atoms with E-state index in [1.54, 1.807) is 24.3 Å². The van der Waals surface area contributed by atoms with E-state index in [4.69, 9.17) is 5.26 Å². The lowest BCUT2D eigenvalue weighted by atomic mass is 10.2. The van der Waals surface area contributed by atoms with Crippen molar-refractivity contribution in [3.8, 4) is 6.07 Å². The standard InChI is InChI=1S/C15H12FN3O/c16-14-11-12(7-9-18-14)15(20)19(10-4-8-17)13-5-2-1-3-6-13/h1-3,5-7,9,11H,4,10H2. The molecule has 0 bridgehead atoms. The van der Waals surface area contributed by atoms with Crippen molar-refractivity contribution in [2.24, 2.45) is 0 Å². The molecule has 0 spiro atoms. The maximum Gasteiger partial charge on any atom is 0.258 e. The quantitative estimate of drug-likeness (QED) is 0.802. The highest BCUT2D eigenvalue weighted by Crippen LogP contribution is 2.17. The van der Waals surface area contributed by atoms with Gasteiger partial charge in [0.05, 0.1) is 12.5 Å². The Morgan fingerprint density at radius 2 is 2.05 bits per heavy atom. The molecule has 0 N–H and O–H groups in total. The van der Waals surface area contributed by atoms with Crippen molar-refractivity contribution in [1.29, 1.82) is 5.26 Å². The lowest BCUT2D eigenvalue weighted by Crippen LogP contribution is -2.31. The number of halogens is 1. The van der Waals surface area contributed by atoms with E-state index in [1.165, 1.54) is 17.2 Å². The molecule has 100 valence electrons. The summed E-state index contributed by atoms with van der Waals surface area (Å²) in [6.45, 7) is 0.253. The molecule has 0 saturated carbocycles. The summed E-state index contributed by atoms with van der Waals surface area (Å²) in [7, 11) is 0. The van der Waals surface area contributed by atoms with Crippen molar-refractivity contribution in [2.45, 2.75) is 6.42 Å². The summed E-state index contributed by atoms with van der Waals surface area (Å²) >= 11 is 0. The average Bonchev–Trinajstić information content (AvgIpc) is 2.48. The van der Waals surface area contributed by atoms with Crippen LogP contribution < -0.4 is 4.90 Å². The summed E-state index contributed by atoms with van der Waals surface area (Å²) in [6, 6.07) is 13.5. The van der Waals surface area contributed by atoms with Crippen molar-refractivity contribution >= 4 is 11.6 Å². The molecule has 5 heteroatoms. The van der Waals surface area contributed by atoms with Crippen molar-refractivity contribution in [3.05, 3.63) is 60.2 Å². The number of para-hydroxylation sites is 1. The Morgan fingerprint density at radius 3 is 2.70 bits per heavy atom. The van der Waals surface area contributed by atoms with Crippen LogP contribution in [0.3, 0.4) is 0 Å². The molecule has 1 aromatic carbocycles. The van der Waals surface area contributed by atoms with Crippen LogP contribution in [0.15, 0.2) is 48.7 Å². The van der Waals surface area contributed by atoms with Gasteiger partial charge in [-0.1, -0.05) is 18.2 Å². The second-order valence-electron chi connectivity index (χ2n) is 4.07. The Labute approximate surface area is 116 Å². The third-order valence-corrected chi connectivity index (χ3v) is 2.73. The number of rotatable bonds is 4. The van der Waals surface area contributed by atoms with Gasteiger partial charge in [-0.2, -0.15) is 9.65 Å². The molecule has 1 heterocycles. The van der Waals surface area contributed by atoms with E-state index in [0.717, 1.165) is 6.07 Å². The second-order valence-corrected chi connectivity index (χ2v) is 4.07. The first-order valence-electron chi connectivity index (χ1n) is 6.08. The minimum Gasteiger partial charge on any atom is -0.307 e. The van der Waals surface area contributed by atoms with Gasteiger partial charge in [0.2, 0.25) is 5.95 Å². The monoisotopic (exact) mass is 269 g/mol. The third-order valence-electron chi connectivity index (χ3n) is 2.73. The molecule has 0 radical (unpaired) electrons. The topological polar surface area (TPSA) is 57.0 Å². The zero-order chi connectivity index (χ0) is 14.4. The second kappa shape index (κ2) is 6.43. The van der Waals surface area contributed by atoms with Gasteiger partial charge in [-0.25, -0.2) is 4.98 Å². The van der Waals surface area contributed by atoms with Crippen LogP contribution in [0.5, 0.6) is 0 Å². The predicted octanol–water partition coefficient (Wildman–Crippen LogP) is 2.78. The van der Waals surface area contributed by atoms with E-state index < -0.39 is 5.95 Å². The van der Waals surface area contributed by atoms with Crippen LogP contribution in [0.4, 0.5) is 10.1 Å². The van der Waals surface area contributed by atoms with Crippen molar-refractivity contribution in [2.75, 3.05) is 11.4 Å². The lowest BCUT2D eigenvalue weighted by Gasteiger charge is -2.21. The largest absolute Gasteiger partial charge is 0.307 e. The lowest BCUT2D eigenvalue weighted by molar-refractivity contribution is 0.0987. The van der Waals surface area contributed by atoms with Crippen LogP contribution >= 0.6 is 0 Å². The molecule has 0 saturated heterocycles. The first-order chi connectivity index (χ1) is 9.72. The van der Waals surface area contributed by atoms with E-state index >= 15 is 0 Å². The number of amides is 1. The van der Waals surface area contributed by atoms with Crippen LogP contribution in [0, 0.1) is 17.3 Å². The molecule has 0 aliphatic carbocycles. The SMILES string of the molecule is N#CCCN(C(=O)c1ccnc(F)c1)c1ccccc1. The van der Waals surface area contributed by atoms with E-state index in [1.807, 2.05) is 12.1 Å². The predicted molar refractivity (Wildman–Crippen MR) is 72.5 cm³/mol. The van der Waals surface area contributed by atoms with Gasteiger partial charge < -0.3 is 4.90 Å². The molecule has 2 aromatic rings. The van der Waals surface area contributed by atoms with Gasteiger partial charge in [-0.15, -0.1) is 0 Å². The first kappa shape index (κ1) is 13.7. The summed E-state index contributed by atoms with van der Waals surface area (Å²) in [5.74, 6) is -1.06. The molecule has 0 aliphatic heterocycles. The van der Waals surface area contributed by atoms with E-state index in [9.17, 15) is 9.18 Å². The van der Waals surface area contributed by atoms with Gasteiger partial charge in [0, 0.05) is 30.1 Å². The maximum atomic E-state index is 13.1. The Kier molecular flexibility index (Phi) is 4.40. The normalized spacial score (nSPS) is 9.80. The number of aromatic nitrogens is 1. The minimum atomic E-state index is -0.704. The van der Waals surface area contributed by atoms with Crippen LogP contribution in [0.25, 0.3) is 0 Å². The Bertz CT molecular complexity index is 637. The van der Waals surface area contributed by atoms with E-state index in [0.29, 0.717) is 5.69 Å². The number of carbonyl (C=O) groups excluding carboxylic acids is 1. The highest BCUT2D eigenvalue weighted by molar-refractivity contribution is 6.06. The Morgan fingerprint density at radius 1 is 1.30 bits per heavy atom. The number of nitrogens with zero attached hydrogens (tertiary/aromatic N) is 3. The Balaban J connectivity index is 2.32. The zero-order valence-corrected chi connectivity index (χ0v) is 10.7. The van der Waals surface area contributed by atoms with Gasteiger partial charge in [-0.05, 0) is 18.2 Å². The van der Waals surface area contributed by atoms with Crippen LogP contribution in [-0.2, 0) is 0 Å².